The van der Waals surface area contributed by atoms with Gasteiger partial charge in [-0.05, 0) is 37.5 Å². The standard InChI is InChI=1S/C16H19NO4/c1-2-7-19-13-5-6-15-14(8-13)12(9-20-15)10-21-17-16(18)11-3-4-11/h5-6,8-9,11H,2-4,7,10H2,1H3,(H,17,18). The van der Waals surface area contributed by atoms with Gasteiger partial charge in [0.25, 0.3) is 0 Å². The molecule has 1 N–H and O–H groups in total. The number of amides is 1. The Kier molecular flexibility index (Phi) is 4.10. The van der Waals surface area contributed by atoms with Crippen molar-refractivity contribution in [3.8, 4) is 5.75 Å². The lowest BCUT2D eigenvalue weighted by Gasteiger charge is -2.05. The van der Waals surface area contributed by atoms with E-state index in [2.05, 4.69) is 12.4 Å². The van der Waals surface area contributed by atoms with Gasteiger partial charge in [-0.3, -0.25) is 9.63 Å². The molecule has 1 aliphatic rings. The van der Waals surface area contributed by atoms with Crippen molar-refractivity contribution in [2.24, 2.45) is 5.92 Å². The Morgan fingerprint density at radius 2 is 2.29 bits per heavy atom. The van der Waals surface area contributed by atoms with Gasteiger partial charge in [-0.1, -0.05) is 6.92 Å². The number of rotatable bonds is 7. The van der Waals surface area contributed by atoms with E-state index in [1.54, 1.807) is 6.26 Å². The fraction of sp³-hybridized carbons (Fsp3) is 0.438. The van der Waals surface area contributed by atoms with Crippen molar-refractivity contribution in [1.29, 1.82) is 0 Å². The number of hydroxylamine groups is 1. The third-order valence-corrected chi connectivity index (χ3v) is 3.45. The first kappa shape index (κ1) is 13.9. The largest absolute Gasteiger partial charge is 0.494 e. The van der Waals surface area contributed by atoms with Crippen LogP contribution in [0.3, 0.4) is 0 Å². The number of benzene rings is 1. The van der Waals surface area contributed by atoms with Crippen molar-refractivity contribution in [3.05, 3.63) is 30.0 Å². The van der Waals surface area contributed by atoms with Crippen molar-refractivity contribution in [2.45, 2.75) is 32.8 Å². The number of furan rings is 1. The summed E-state index contributed by atoms with van der Waals surface area (Å²) in [7, 11) is 0. The number of ether oxygens (including phenoxy) is 1. The molecule has 21 heavy (non-hydrogen) atoms. The van der Waals surface area contributed by atoms with Crippen LogP contribution in [-0.2, 0) is 16.2 Å². The van der Waals surface area contributed by atoms with E-state index in [-0.39, 0.29) is 18.4 Å². The van der Waals surface area contributed by atoms with Crippen molar-refractivity contribution < 1.29 is 18.8 Å². The number of nitrogens with one attached hydrogen (secondary N) is 1. The van der Waals surface area contributed by atoms with Crippen molar-refractivity contribution in [3.63, 3.8) is 0 Å². The minimum atomic E-state index is -0.0326. The van der Waals surface area contributed by atoms with Crippen molar-refractivity contribution >= 4 is 16.9 Å². The Morgan fingerprint density at radius 3 is 3.05 bits per heavy atom. The van der Waals surface area contributed by atoms with Gasteiger partial charge in [0.15, 0.2) is 0 Å². The van der Waals surface area contributed by atoms with Crippen LogP contribution in [0.25, 0.3) is 11.0 Å². The van der Waals surface area contributed by atoms with Crippen molar-refractivity contribution in [2.75, 3.05) is 6.61 Å². The molecule has 0 spiro atoms. The third kappa shape index (κ3) is 3.36. The summed E-state index contributed by atoms with van der Waals surface area (Å²) in [5.74, 6) is 0.920. The van der Waals surface area contributed by atoms with Gasteiger partial charge in [0.1, 0.15) is 17.9 Å². The van der Waals surface area contributed by atoms with Crippen LogP contribution in [0.5, 0.6) is 5.75 Å². The van der Waals surface area contributed by atoms with Crippen LogP contribution in [0.4, 0.5) is 0 Å². The summed E-state index contributed by atoms with van der Waals surface area (Å²) in [5, 5.41) is 0.948. The van der Waals surface area contributed by atoms with Crippen LogP contribution in [0, 0.1) is 5.92 Å². The molecule has 0 aliphatic heterocycles. The molecule has 1 aromatic carbocycles. The third-order valence-electron chi connectivity index (χ3n) is 3.45. The molecule has 1 saturated carbocycles. The fourth-order valence-corrected chi connectivity index (χ4v) is 2.10. The number of hydrogen-bond donors (Lipinski definition) is 1. The average molecular weight is 289 g/mol. The monoisotopic (exact) mass is 289 g/mol. The van der Waals surface area contributed by atoms with Gasteiger partial charge in [0, 0.05) is 16.9 Å². The van der Waals surface area contributed by atoms with E-state index in [0.29, 0.717) is 6.61 Å². The van der Waals surface area contributed by atoms with Crippen LogP contribution in [0.1, 0.15) is 31.7 Å². The second-order valence-electron chi connectivity index (χ2n) is 5.30. The van der Waals surface area contributed by atoms with Gasteiger partial charge in [-0.15, -0.1) is 0 Å². The molecule has 2 aromatic rings. The van der Waals surface area contributed by atoms with E-state index in [0.717, 1.165) is 41.5 Å². The highest BCUT2D eigenvalue weighted by atomic mass is 16.7. The maximum Gasteiger partial charge on any atom is 0.246 e. The van der Waals surface area contributed by atoms with Gasteiger partial charge in [0.05, 0.1) is 12.9 Å². The second-order valence-corrected chi connectivity index (χ2v) is 5.30. The maximum absolute atomic E-state index is 11.5. The number of carbonyl (C=O) groups is 1. The smallest absolute Gasteiger partial charge is 0.246 e. The van der Waals surface area contributed by atoms with Crippen LogP contribution in [0.15, 0.2) is 28.9 Å². The highest BCUT2D eigenvalue weighted by molar-refractivity contribution is 5.82. The summed E-state index contributed by atoms with van der Waals surface area (Å²) in [6.45, 7) is 3.04. The lowest BCUT2D eigenvalue weighted by molar-refractivity contribution is -0.135. The molecule has 1 amide bonds. The molecule has 5 nitrogen and oxygen atoms in total. The molecule has 0 radical (unpaired) electrons. The molecule has 1 aliphatic carbocycles. The summed E-state index contributed by atoms with van der Waals surface area (Å²) in [4.78, 5) is 16.8. The van der Waals surface area contributed by atoms with Crippen LogP contribution < -0.4 is 10.2 Å². The maximum atomic E-state index is 11.5. The Morgan fingerprint density at radius 1 is 1.43 bits per heavy atom. The first-order valence-electron chi connectivity index (χ1n) is 7.32. The molecule has 0 saturated heterocycles. The summed E-state index contributed by atoms with van der Waals surface area (Å²) in [6, 6.07) is 5.71. The first-order valence-corrected chi connectivity index (χ1v) is 7.32. The predicted octanol–water partition coefficient (Wildman–Crippen LogP) is 3.18. The van der Waals surface area contributed by atoms with E-state index in [1.165, 1.54) is 0 Å². The second kappa shape index (κ2) is 6.18. The first-order chi connectivity index (χ1) is 10.3. The number of hydrogen-bond acceptors (Lipinski definition) is 4. The minimum Gasteiger partial charge on any atom is -0.494 e. The molecule has 5 heteroatoms. The Hall–Kier alpha value is -2.01. The summed E-state index contributed by atoms with van der Waals surface area (Å²) < 4.78 is 11.1. The molecule has 3 rings (SSSR count). The summed E-state index contributed by atoms with van der Waals surface area (Å²) in [5.41, 5.74) is 4.16. The lowest BCUT2D eigenvalue weighted by atomic mass is 10.2. The topological polar surface area (TPSA) is 60.7 Å². The predicted molar refractivity (Wildman–Crippen MR) is 77.7 cm³/mol. The fourth-order valence-electron chi connectivity index (χ4n) is 2.10. The molecular weight excluding hydrogens is 270 g/mol. The molecule has 0 atom stereocenters. The SMILES string of the molecule is CCCOc1ccc2occ(CONC(=O)C3CC3)c2c1. The highest BCUT2D eigenvalue weighted by Gasteiger charge is 2.29. The van der Waals surface area contributed by atoms with E-state index < -0.39 is 0 Å². The number of fused-ring (bicyclic) bond motifs is 1. The number of carbonyl (C=O) groups excluding carboxylic acids is 1. The molecule has 1 fully saturated rings. The zero-order valence-corrected chi connectivity index (χ0v) is 12.1. The minimum absolute atomic E-state index is 0.0326. The summed E-state index contributed by atoms with van der Waals surface area (Å²) in [6.07, 6.45) is 4.54. The van der Waals surface area contributed by atoms with E-state index in [1.807, 2.05) is 18.2 Å². The highest BCUT2D eigenvalue weighted by Crippen LogP contribution is 2.29. The molecule has 1 heterocycles. The van der Waals surface area contributed by atoms with E-state index >= 15 is 0 Å². The normalized spacial score (nSPS) is 14.3. The average Bonchev–Trinajstić information content (AvgIpc) is 3.28. The molecule has 0 unspecified atom stereocenters. The van der Waals surface area contributed by atoms with Gasteiger partial charge >= 0.3 is 0 Å². The van der Waals surface area contributed by atoms with Gasteiger partial charge in [-0.2, -0.15) is 0 Å². The Balaban J connectivity index is 1.64. The summed E-state index contributed by atoms with van der Waals surface area (Å²) >= 11 is 0. The molecule has 1 aromatic heterocycles. The molecule has 112 valence electrons. The molecule has 0 bridgehead atoms. The zero-order chi connectivity index (χ0) is 14.7. The zero-order valence-electron chi connectivity index (χ0n) is 12.1. The van der Waals surface area contributed by atoms with Crippen LogP contribution in [0.2, 0.25) is 0 Å². The van der Waals surface area contributed by atoms with Crippen molar-refractivity contribution in [1.82, 2.24) is 5.48 Å². The van der Waals surface area contributed by atoms with Crippen LogP contribution in [-0.4, -0.2) is 12.5 Å². The van der Waals surface area contributed by atoms with Crippen LogP contribution >= 0.6 is 0 Å². The van der Waals surface area contributed by atoms with Gasteiger partial charge in [0.2, 0.25) is 5.91 Å². The Bertz CT molecular complexity index is 630. The van der Waals surface area contributed by atoms with E-state index in [4.69, 9.17) is 14.0 Å². The van der Waals surface area contributed by atoms with Gasteiger partial charge in [-0.25, -0.2) is 5.48 Å². The Labute approximate surface area is 123 Å². The quantitative estimate of drug-likeness (QED) is 0.795. The lowest BCUT2D eigenvalue weighted by Crippen LogP contribution is -2.24. The van der Waals surface area contributed by atoms with Gasteiger partial charge < -0.3 is 9.15 Å². The van der Waals surface area contributed by atoms with E-state index in [9.17, 15) is 4.79 Å². The molecular formula is C16H19NO4.